The lowest BCUT2D eigenvalue weighted by Crippen LogP contribution is -2.19. The van der Waals surface area contributed by atoms with Gasteiger partial charge in [-0.2, -0.15) is 0 Å². The highest BCUT2D eigenvalue weighted by Gasteiger charge is 2.20. The lowest BCUT2D eigenvalue weighted by Gasteiger charge is -2.18. The fourth-order valence-electron chi connectivity index (χ4n) is 2.35. The maximum absolute atomic E-state index is 11.5. The molecule has 1 atom stereocenters. The predicted octanol–water partition coefficient (Wildman–Crippen LogP) is 1.71. The zero-order chi connectivity index (χ0) is 12.5. The summed E-state index contributed by atoms with van der Waals surface area (Å²) in [4.78, 5) is 10.4. The van der Waals surface area contributed by atoms with Crippen molar-refractivity contribution in [3.05, 3.63) is 42.0 Å². The summed E-state index contributed by atoms with van der Waals surface area (Å²) in [5.74, 6) is 0. The van der Waals surface area contributed by atoms with Crippen molar-refractivity contribution in [3.63, 3.8) is 0 Å². The number of aromatic nitrogens is 2. The lowest BCUT2D eigenvalue weighted by atomic mass is 10.2. The van der Waals surface area contributed by atoms with E-state index in [1.807, 2.05) is 12.3 Å². The minimum Gasteiger partial charge on any atom is -0.365 e. The summed E-state index contributed by atoms with van der Waals surface area (Å²) < 4.78 is 11.5. The van der Waals surface area contributed by atoms with Crippen LogP contribution in [-0.2, 0) is 23.8 Å². The van der Waals surface area contributed by atoms with E-state index in [0.717, 1.165) is 30.1 Å². The van der Waals surface area contributed by atoms with Crippen LogP contribution in [0.1, 0.15) is 11.3 Å². The molecule has 2 heterocycles. The Kier molecular flexibility index (Phi) is 2.91. The maximum atomic E-state index is 11.5. The SMILES string of the molecule is CS(=O)c1ccc2c(c1)N(Cc1cnc[nH]1)CC2. The van der Waals surface area contributed by atoms with E-state index in [4.69, 9.17) is 0 Å². The standard InChI is InChI=1S/C13H15N3OS/c1-18(17)12-3-2-10-4-5-16(13(10)6-12)8-11-7-14-9-15-11/h2-3,6-7,9H,4-5,8H2,1H3,(H,14,15). The number of fused-ring (bicyclic) bond motifs is 1. The van der Waals surface area contributed by atoms with Gasteiger partial charge in [0, 0.05) is 40.4 Å². The first-order chi connectivity index (χ1) is 8.74. The molecule has 4 nitrogen and oxygen atoms in total. The van der Waals surface area contributed by atoms with Gasteiger partial charge < -0.3 is 9.88 Å². The zero-order valence-corrected chi connectivity index (χ0v) is 11.0. The van der Waals surface area contributed by atoms with Crippen LogP contribution in [0.2, 0.25) is 0 Å². The van der Waals surface area contributed by atoms with Crippen molar-refractivity contribution >= 4 is 16.5 Å². The Bertz CT molecular complexity index is 580. The number of benzene rings is 1. The highest BCUT2D eigenvalue weighted by atomic mass is 32.2. The van der Waals surface area contributed by atoms with Gasteiger partial charge in [-0.1, -0.05) is 6.07 Å². The smallest absolute Gasteiger partial charge is 0.0922 e. The number of aromatic amines is 1. The Morgan fingerprint density at radius 3 is 3.11 bits per heavy atom. The van der Waals surface area contributed by atoms with Gasteiger partial charge in [-0.25, -0.2) is 4.98 Å². The van der Waals surface area contributed by atoms with Crippen molar-refractivity contribution < 1.29 is 4.21 Å². The van der Waals surface area contributed by atoms with Gasteiger partial charge in [-0.3, -0.25) is 4.21 Å². The molecule has 0 saturated heterocycles. The molecule has 3 rings (SSSR count). The fraction of sp³-hybridized carbons (Fsp3) is 0.308. The molecule has 0 aliphatic carbocycles. The molecule has 18 heavy (non-hydrogen) atoms. The Morgan fingerprint density at radius 1 is 1.50 bits per heavy atom. The zero-order valence-electron chi connectivity index (χ0n) is 10.2. The van der Waals surface area contributed by atoms with E-state index in [-0.39, 0.29) is 0 Å². The number of rotatable bonds is 3. The van der Waals surface area contributed by atoms with Crippen molar-refractivity contribution in [3.8, 4) is 0 Å². The van der Waals surface area contributed by atoms with Gasteiger partial charge in [0.15, 0.2) is 0 Å². The monoisotopic (exact) mass is 261 g/mol. The van der Waals surface area contributed by atoms with Crippen LogP contribution >= 0.6 is 0 Å². The molecule has 1 N–H and O–H groups in total. The second-order valence-electron chi connectivity index (χ2n) is 4.49. The van der Waals surface area contributed by atoms with Crippen LogP contribution in [0.3, 0.4) is 0 Å². The molecule has 0 amide bonds. The van der Waals surface area contributed by atoms with Crippen LogP contribution < -0.4 is 4.90 Å². The van der Waals surface area contributed by atoms with E-state index in [1.54, 1.807) is 12.6 Å². The van der Waals surface area contributed by atoms with Gasteiger partial charge >= 0.3 is 0 Å². The Hall–Kier alpha value is -1.62. The Balaban J connectivity index is 1.90. The van der Waals surface area contributed by atoms with E-state index in [1.165, 1.54) is 11.3 Å². The third-order valence-corrected chi connectivity index (χ3v) is 4.21. The first-order valence-corrected chi connectivity index (χ1v) is 7.48. The first-order valence-electron chi connectivity index (χ1n) is 5.92. The molecule has 1 unspecified atom stereocenters. The molecular weight excluding hydrogens is 246 g/mol. The molecular formula is C13H15N3OS. The highest BCUT2D eigenvalue weighted by molar-refractivity contribution is 7.84. The molecule has 1 aromatic heterocycles. The van der Waals surface area contributed by atoms with E-state index in [9.17, 15) is 4.21 Å². The summed E-state index contributed by atoms with van der Waals surface area (Å²) in [5, 5.41) is 0. The van der Waals surface area contributed by atoms with Gasteiger partial charge in [0.05, 0.1) is 18.6 Å². The normalized spacial score (nSPS) is 15.7. The Morgan fingerprint density at radius 2 is 2.39 bits per heavy atom. The van der Waals surface area contributed by atoms with Crippen LogP contribution in [-0.4, -0.2) is 27.0 Å². The largest absolute Gasteiger partial charge is 0.365 e. The minimum absolute atomic E-state index is 0.826. The quantitative estimate of drug-likeness (QED) is 0.915. The molecule has 0 radical (unpaired) electrons. The third kappa shape index (κ3) is 2.06. The summed E-state index contributed by atoms with van der Waals surface area (Å²) in [5.41, 5.74) is 3.65. The summed E-state index contributed by atoms with van der Waals surface area (Å²) in [6.07, 6.45) is 6.32. The van der Waals surface area contributed by atoms with Gasteiger partial charge in [0.2, 0.25) is 0 Å². The number of nitrogens with zero attached hydrogens (tertiary/aromatic N) is 2. The summed E-state index contributed by atoms with van der Waals surface area (Å²) in [6.45, 7) is 1.83. The van der Waals surface area contributed by atoms with Crippen LogP contribution in [0.15, 0.2) is 35.6 Å². The second kappa shape index (κ2) is 4.57. The van der Waals surface area contributed by atoms with Crippen molar-refractivity contribution in [1.29, 1.82) is 0 Å². The third-order valence-electron chi connectivity index (χ3n) is 3.30. The summed E-state index contributed by atoms with van der Waals surface area (Å²) in [6, 6.07) is 6.11. The van der Waals surface area contributed by atoms with Crippen LogP contribution in [0.5, 0.6) is 0 Å². The van der Waals surface area contributed by atoms with E-state index in [0.29, 0.717) is 0 Å². The van der Waals surface area contributed by atoms with Gasteiger partial charge in [-0.05, 0) is 24.1 Å². The van der Waals surface area contributed by atoms with Gasteiger partial charge in [0.1, 0.15) is 0 Å². The first kappa shape index (κ1) is 11.5. The number of anilines is 1. The van der Waals surface area contributed by atoms with Crippen molar-refractivity contribution in [2.75, 3.05) is 17.7 Å². The molecule has 5 heteroatoms. The van der Waals surface area contributed by atoms with Gasteiger partial charge in [-0.15, -0.1) is 0 Å². The molecule has 94 valence electrons. The molecule has 1 aromatic carbocycles. The number of hydrogen-bond acceptors (Lipinski definition) is 3. The van der Waals surface area contributed by atoms with E-state index in [2.05, 4.69) is 27.0 Å². The maximum Gasteiger partial charge on any atom is 0.0922 e. The topological polar surface area (TPSA) is 49.0 Å². The van der Waals surface area contributed by atoms with Crippen LogP contribution in [0, 0.1) is 0 Å². The second-order valence-corrected chi connectivity index (χ2v) is 5.87. The lowest BCUT2D eigenvalue weighted by molar-refractivity contribution is 0.687. The van der Waals surface area contributed by atoms with E-state index >= 15 is 0 Å². The fourth-order valence-corrected chi connectivity index (χ4v) is 2.88. The van der Waals surface area contributed by atoms with Crippen LogP contribution in [0.25, 0.3) is 0 Å². The molecule has 0 fully saturated rings. The number of nitrogens with one attached hydrogen (secondary N) is 1. The van der Waals surface area contributed by atoms with Crippen LogP contribution in [0.4, 0.5) is 5.69 Å². The predicted molar refractivity (Wildman–Crippen MR) is 72.1 cm³/mol. The summed E-state index contributed by atoms with van der Waals surface area (Å²) in [7, 11) is -0.922. The molecule has 1 aliphatic heterocycles. The molecule has 0 saturated carbocycles. The number of hydrogen-bond donors (Lipinski definition) is 1. The molecule has 0 bridgehead atoms. The molecule has 2 aromatic rings. The van der Waals surface area contributed by atoms with E-state index < -0.39 is 10.8 Å². The van der Waals surface area contributed by atoms with Crippen molar-refractivity contribution in [2.24, 2.45) is 0 Å². The minimum atomic E-state index is -0.922. The summed E-state index contributed by atoms with van der Waals surface area (Å²) >= 11 is 0. The average molecular weight is 261 g/mol. The Labute approximate surface area is 109 Å². The van der Waals surface area contributed by atoms with Gasteiger partial charge in [0.25, 0.3) is 0 Å². The molecule has 1 aliphatic rings. The highest BCUT2D eigenvalue weighted by Crippen LogP contribution is 2.30. The number of imidazole rings is 1. The van der Waals surface area contributed by atoms with Crippen molar-refractivity contribution in [2.45, 2.75) is 17.9 Å². The van der Waals surface area contributed by atoms with Crippen molar-refractivity contribution in [1.82, 2.24) is 9.97 Å². The average Bonchev–Trinajstić information content (AvgIpc) is 2.99. The number of H-pyrrole nitrogens is 1. The molecule has 0 spiro atoms.